The fourth-order valence-corrected chi connectivity index (χ4v) is 3.41. The highest BCUT2D eigenvalue weighted by Crippen LogP contribution is 2.30. The van der Waals surface area contributed by atoms with Gasteiger partial charge < -0.3 is 14.9 Å². The Kier molecular flexibility index (Phi) is 5.53. The lowest BCUT2D eigenvalue weighted by Gasteiger charge is -2.17. The minimum Gasteiger partial charge on any atom is -0.482 e. The molecule has 2 aromatic carbocycles. The van der Waals surface area contributed by atoms with E-state index in [0.29, 0.717) is 11.3 Å². The highest BCUT2D eigenvalue weighted by molar-refractivity contribution is 5.89. The summed E-state index contributed by atoms with van der Waals surface area (Å²) in [5.74, 6) is -1.15. The number of likely N-dealkylation sites (tertiary alicyclic amines) is 1. The zero-order chi connectivity index (χ0) is 18.5. The van der Waals surface area contributed by atoms with Gasteiger partial charge in [-0.05, 0) is 48.2 Å². The van der Waals surface area contributed by atoms with Gasteiger partial charge in [-0.2, -0.15) is 0 Å². The van der Waals surface area contributed by atoms with E-state index in [1.165, 1.54) is 0 Å². The predicted molar refractivity (Wildman–Crippen MR) is 95.6 cm³/mol. The average Bonchev–Trinajstić information content (AvgIpc) is 3.08. The van der Waals surface area contributed by atoms with Crippen molar-refractivity contribution in [1.29, 1.82) is 0 Å². The fraction of sp³-hybridized carbons (Fsp3) is 0.300. The standard InChI is InChI=1S/C20H21NO5/c22-19(23)13-26-16-5-3-4-14(10-16)11-21-9-8-15(12-21)17-6-1-2-7-18(17)20(24)25/h1-7,10,15H,8-9,11-13H2,(H,22,23)(H,24,25)/t15-/m1/s1. The van der Waals surface area contributed by atoms with Crippen molar-refractivity contribution in [2.24, 2.45) is 0 Å². The fourth-order valence-electron chi connectivity index (χ4n) is 3.41. The van der Waals surface area contributed by atoms with Gasteiger partial charge in [0.15, 0.2) is 6.61 Å². The Balaban J connectivity index is 1.64. The summed E-state index contributed by atoms with van der Waals surface area (Å²) in [6.07, 6.45) is 0.916. The Bertz CT molecular complexity index is 804. The van der Waals surface area contributed by atoms with Gasteiger partial charge in [0, 0.05) is 13.1 Å². The van der Waals surface area contributed by atoms with Crippen LogP contribution >= 0.6 is 0 Å². The van der Waals surface area contributed by atoms with E-state index in [1.807, 2.05) is 30.3 Å². The quantitative estimate of drug-likeness (QED) is 0.794. The Morgan fingerprint density at radius 3 is 2.69 bits per heavy atom. The second kappa shape index (κ2) is 8.01. The van der Waals surface area contributed by atoms with Crippen molar-refractivity contribution in [3.8, 4) is 5.75 Å². The summed E-state index contributed by atoms with van der Waals surface area (Å²) >= 11 is 0. The predicted octanol–water partition coefficient (Wildman–Crippen LogP) is 2.84. The molecule has 0 amide bonds. The van der Waals surface area contributed by atoms with Crippen LogP contribution in [-0.2, 0) is 11.3 Å². The number of benzene rings is 2. The molecule has 2 N–H and O–H groups in total. The molecule has 2 aromatic rings. The van der Waals surface area contributed by atoms with Gasteiger partial charge in [0.25, 0.3) is 0 Å². The number of rotatable bonds is 7. The lowest BCUT2D eigenvalue weighted by molar-refractivity contribution is -0.139. The van der Waals surface area contributed by atoms with Crippen LogP contribution in [0.4, 0.5) is 0 Å². The van der Waals surface area contributed by atoms with Crippen LogP contribution in [0.1, 0.15) is 33.8 Å². The van der Waals surface area contributed by atoms with Crippen LogP contribution in [-0.4, -0.2) is 46.7 Å². The topological polar surface area (TPSA) is 87.1 Å². The first-order valence-corrected chi connectivity index (χ1v) is 8.51. The number of aromatic carboxylic acids is 1. The highest BCUT2D eigenvalue weighted by atomic mass is 16.5. The van der Waals surface area contributed by atoms with Crippen LogP contribution in [0, 0.1) is 0 Å². The zero-order valence-corrected chi connectivity index (χ0v) is 14.3. The Morgan fingerprint density at radius 1 is 1.12 bits per heavy atom. The molecular weight excluding hydrogens is 334 g/mol. The molecule has 0 radical (unpaired) electrons. The largest absolute Gasteiger partial charge is 0.482 e. The van der Waals surface area contributed by atoms with Gasteiger partial charge in [0.05, 0.1) is 5.56 Å². The molecule has 1 aliphatic heterocycles. The van der Waals surface area contributed by atoms with E-state index in [9.17, 15) is 14.7 Å². The summed E-state index contributed by atoms with van der Waals surface area (Å²) < 4.78 is 5.22. The highest BCUT2D eigenvalue weighted by Gasteiger charge is 2.27. The SMILES string of the molecule is O=C(O)COc1cccc(CN2CC[C@@H](c3ccccc3C(=O)O)C2)c1. The van der Waals surface area contributed by atoms with Gasteiger partial charge >= 0.3 is 11.9 Å². The third-order valence-corrected chi connectivity index (χ3v) is 4.57. The summed E-state index contributed by atoms with van der Waals surface area (Å²) in [5, 5.41) is 18.1. The minimum absolute atomic E-state index is 0.203. The molecule has 0 aromatic heterocycles. The van der Waals surface area contributed by atoms with E-state index in [-0.39, 0.29) is 12.5 Å². The van der Waals surface area contributed by atoms with Gasteiger partial charge in [-0.3, -0.25) is 4.90 Å². The molecule has 0 aliphatic carbocycles. The lowest BCUT2D eigenvalue weighted by atomic mass is 9.93. The molecule has 1 atom stereocenters. The van der Waals surface area contributed by atoms with Crippen LogP contribution < -0.4 is 4.74 Å². The molecule has 0 bridgehead atoms. The van der Waals surface area contributed by atoms with Crippen LogP contribution in [0.15, 0.2) is 48.5 Å². The number of hydrogen-bond donors (Lipinski definition) is 2. The monoisotopic (exact) mass is 355 g/mol. The number of nitrogens with zero attached hydrogens (tertiary/aromatic N) is 1. The lowest BCUT2D eigenvalue weighted by Crippen LogP contribution is -2.20. The maximum Gasteiger partial charge on any atom is 0.341 e. The first kappa shape index (κ1) is 17.9. The number of carbonyl (C=O) groups is 2. The summed E-state index contributed by atoms with van der Waals surface area (Å²) in [6.45, 7) is 2.04. The summed E-state index contributed by atoms with van der Waals surface area (Å²) in [5.41, 5.74) is 2.31. The second-order valence-electron chi connectivity index (χ2n) is 6.44. The zero-order valence-electron chi connectivity index (χ0n) is 14.3. The second-order valence-corrected chi connectivity index (χ2v) is 6.44. The molecule has 136 valence electrons. The van der Waals surface area contributed by atoms with Gasteiger partial charge in [0.2, 0.25) is 0 Å². The van der Waals surface area contributed by atoms with E-state index >= 15 is 0 Å². The van der Waals surface area contributed by atoms with Crippen molar-refractivity contribution in [1.82, 2.24) is 4.90 Å². The smallest absolute Gasteiger partial charge is 0.341 e. The van der Waals surface area contributed by atoms with Crippen molar-refractivity contribution >= 4 is 11.9 Å². The number of hydrogen-bond acceptors (Lipinski definition) is 4. The van der Waals surface area contributed by atoms with E-state index in [4.69, 9.17) is 9.84 Å². The number of ether oxygens (including phenoxy) is 1. The van der Waals surface area contributed by atoms with Crippen molar-refractivity contribution in [2.45, 2.75) is 18.9 Å². The van der Waals surface area contributed by atoms with Crippen molar-refractivity contribution in [3.05, 3.63) is 65.2 Å². The van der Waals surface area contributed by atoms with Crippen LogP contribution in [0.25, 0.3) is 0 Å². The number of carboxylic acids is 2. The van der Waals surface area contributed by atoms with Crippen LogP contribution in [0.5, 0.6) is 5.75 Å². The first-order valence-electron chi connectivity index (χ1n) is 8.51. The van der Waals surface area contributed by atoms with Crippen molar-refractivity contribution in [2.75, 3.05) is 19.7 Å². The maximum atomic E-state index is 11.4. The molecule has 0 spiro atoms. The Hall–Kier alpha value is -2.86. The summed E-state index contributed by atoms with van der Waals surface area (Å²) in [6, 6.07) is 14.6. The normalized spacial score (nSPS) is 17.2. The molecular formula is C20H21NO5. The van der Waals surface area contributed by atoms with Gasteiger partial charge in [0.1, 0.15) is 5.75 Å². The van der Waals surface area contributed by atoms with E-state index in [0.717, 1.165) is 37.2 Å². The van der Waals surface area contributed by atoms with E-state index in [1.54, 1.807) is 18.2 Å². The summed E-state index contributed by atoms with van der Waals surface area (Å²) in [7, 11) is 0. The maximum absolute atomic E-state index is 11.4. The third-order valence-electron chi connectivity index (χ3n) is 4.57. The van der Waals surface area contributed by atoms with Crippen molar-refractivity contribution in [3.63, 3.8) is 0 Å². The van der Waals surface area contributed by atoms with Crippen molar-refractivity contribution < 1.29 is 24.5 Å². The van der Waals surface area contributed by atoms with Crippen LogP contribution in [0.3, 0.4) is 0 Å². The molecule has 3 rings (SSSR count). The molecule has 1 fully saturated rings. The van der Waals surface area contributed by atoms with Gasteiger partial charge in [-0.1, -0.05) is 30.3 Å². The molecule has 0 saturated carbocycles. The van der Waals surface area contributed by atoms with Gasteiger partial charge in [-0.15, -0.1) is 0 Å². The molecule has 1 heterocycles. The number of carboxylic acid groups (broad SMARTS) is 2. The minimum atomic E-state index is -1.00. The molecule has 1 saturated heterocycles. The average molecular weight is 355 g/mol. The van der Waals surface area contributed by atoms with Gasteiger partial charge in [-0.25, -0.2) is 9.59 Å². The number of aliphatic carboxylic acids is 1. The van der Waals surface area contributed by atoms with E-state index < -0.39 is 11.9 Å². The Morgan fingerprint density at radius 2 is 1.92 bits per heavy atom. The Labute approximate surface area is 151 Å². The van der Waals surface area contributed by atoms with Crippen LogP contribution in [0.2, 0.25) is 0 Å². The summed E-state index contributed by atoms with van der Waals surface area (Å²) in [4.78, 5) is 24.3. The molecule has 0 unspecified atom stereocenters. The van der Waals surface area contributed by atoms with E-state index in [2.05, 4.69) is 4.90 Å². The molecule has 6 heteroatoms. The molecule has 1 aliphatic rings. The molecule has 26 heavy (non-hydrogen) atoms. The third kappa shape index (κ3) is 4.40. The first-order chi connectivity index (χ1) is 12.5. The molecule has 6 nitrogen and oxygen atoms in total.